The molecule has 4 rings (SSSR count). The Balaban J connectivity index is 0.000000500. The number of morpholine rings is 1. The quantitative estimate of drug-likeness (QED) is 0.208. The molecule has 1 fully saturated rings. The van der Waals surface area contributed by atoms with Crippen LogP contribution in [0.1, 0.15) is 12.5 Å². The number of ether oxygens (including phenoxy) is 3. The number of aromatic nitrogens is 2. The second-order valence-electron chi connectivity index (χ2n) is 9.90. The average Bonchev–Trinajstić information content (AvgIpc) is 3.60. The van der Waals surface area contributed by atoms with Gasteiger partial charge in [-0.15, -0.1) is 0 Å². The number of aromatic amines is 1. The maximum absolute atomic E-state index is 13.2. The van der Waals surface area contributed by atoms with Crippen molar-refractivity contribution < 1.29 is 65.1 Å². The zero-order chi connectivity index (χ0) is 36.6. The highest BCUT2D eigenvalue weighted by molar-refractivity contribution is 5.91. The maximum Gasteiger partial charge on any atom is 0.490 e. The number of benzene rings is 2. The molecule has 1 aliphatic rings. The number of carboxylic acids is 2. The van der Waals surface area contributed by atoms with Crippen LogP contribution in [-0.2, 0) is 20.9 Å². The minimum atomic E-state index is -5.08. The molecule has 0 atom stereocenters. The molecule has 0 radical (unpaired) electrons. The van der Waals surface area contributed by atoms with Gasteiger partial charge in [0, 0.05) is 44.5 Å². The molecule has 4 N–H and O–H groups in total. The molecule has 0 aliphatic carbocycles. The molecule has 2 amide bonds. The van der Waals surface area contributed by atoms with Crippen LogP contribution in [-0.4, -0.2) is 114 Å². The Labute approximate surface area is 276 Å². The summed E-state index contributed by atoms with van der Waals surface area (Å²) < 4.78 is 80.4. The Morgan fingerprint density at radius 2 is 1.63 bits per heavy atom. The topological polar surface area (TPSA) is 167 Å². The Morgan fingerprint density at radius 1 is 1.00 bits per heavy atom. The first-order valence-electron chi connectivity index (χ1n) is 14.4. The summed E-state index contributed by atoms with van der Waals surface area (Å²) in [5.41, 5.74) is 3.54. The number of urea groups is 1. The van der Waals surface area contributed by atoms with Crippen LogP contribution in [0, 0.1) is 0 Å². The molecule has 2 aromatic carbocycles. The smallest absolute Gasteiger partial charge is 0.490 e. The summed E-state index contributed by atoms with van der Waals surface area (Å²) in [6, 6.07) is 13.3. The lowest BCUT2D eigenvalue weighted by Gasteiger charge is -2.26. The van der Waals surface area contributed by atoms with Crippen LogP contribution < -0.4 is 14.8 Å². The lowest BCUT2D eigenvalue weighted by molar-refractivity contribution is -0.193. The lowest BCUT2D eigenvalue weighted by atomic mass is 10.1. The van der Waals surface area contributed by atoms with Gasteiger partial charge < -0.3 is 34.6 Å². The Morgan fingerprint density at radius 3 is 2.16 bits per heavy atom. The van der Waals surface area contributed by atoms with Crippen molar-refractivity contribution in [3.05, 3.63) is 60.4 Å². The molecular weight excluding hydrogens is 672 g/mol. The van der Waals surface area contributed by atoms with Gasteiger partial charge in [-0.3, -0.25) is 10.00 Å². The summed E-state index contributed by atoms with van der Waals surface area (Å²) in [7, 11) is 1.64. The van der Waals surface area contributed by atoms with E-state index >= 15 is 0 Å². The third kappa shape index (κ3) is 14.3. The molecule has 270 valence electrons. The van der Waals surface area contributed by atoms with Gasteiger partial charge in [-0.1, -0.05) is 18.2 Å². The number of carboxylic acid groups (broad SMARTS) is 2. The number of methoxy groups -OCH3 is 1. The first-order valence-corrected chi connectivity index (χ1v) is 14.4. The van der Waals surface area contributed by atoms with Crippen molar-refractivity contribution in [1.29, 1.82) is 0 Å². The fourth-order valence-electron chi connectivity index (χ4n) is 3.96. The number of hydrogen-bond donors (Lipinski definition) is 4. The van der Waals surface area contributed by atoms with E-state index in [-0.39, 0.29) is 6.03 Å². The Bertz CT molecular complexity index is 1460. The molecule has 1 aromatic heterocycles. The highest BCUT2D eigenvalue weighted by Gasteiger charge is 2.38. The number of amides is 2. The van der Waals surface area contributed by atoms with E-state index in [1.165, 1.54) is 0 Å². The van der Waals surface area contributed by atoms with Crippen molar-refractivity contribution in [2.24, 2.45) is 0 Å². The predicted octanol–water partition coefficient (Wildman–Crippen LogP) is 5.12. The highest BCUT2D eigenvalue weighted by Crippen LogP contribution is 2.31. The number of nitrogens with one attached hydrogen (secondary N) is 2. The van der Waals surface area contributed by atoms with E-state index in [9.17, 15) is 31.1 Å². The van der Waals surface area contributed by atoms with Crippen LogP contribution in [0.15, 0.2) is 54.9 Å². The molecule has 0 spiro atoms. The molecule has 1 saturated heterocycles. The second kappa shape index (κ2) is 19.1. The van der Waals surface area contributed by atoms with E-state index in [1.807, 2.05) is 55.6 Å². The number of aliphatic carboxylic acids is 2. The Hall–Kier alpha value is -5.04. The van der Waals surface area contributed by atoms with Gasteiger partial charge >= 0.3 is 30.3 Å². The third-order valence-electron chi connectivity index (χ3n) is 6.49. The third-order valence-corrected chi connectivity index (χ3v) is 6.49. The van der Waals surface area contributed by atoms with Crippen LogP contribution in [0.25, 0.3) is 11.1 Å². The summed E-state index contributed by atoms with van der Waals surface area (Å²) in [5.74, 6) is -4.12. The van der Waals surface area contributed by atoms with Crippen LogP contribution >= 0.6 is 0 Å². The Kier molecular flexibility index (Phi) is 15.6. The molecule has 0 bridgehead atoms. The van der Waals surface area contributed by atoms with Gasteiger partial charge in [-0.05, 0) is 42.3 Å². The number of anilines is 1. The second-order valence-corrected chi connectivity index (χ2v) is 9.90. The SMILES string of the molecule is CCN(Cc1cccc(OC)c1)C(=O)Nc1ccc(-c2cn[nH]c2)cc1OCCN1CCOCC1.O=C(O)C(F)(F)F.O=C(O)C(F)(F)F. The number of hydrogen-bond acceptors (Lipinski definition) is 8. The van der Waals surface area contributed by atoms with Gasteiger partial charge in [-0.25, -0.2) is 14.4 Å². The number of carbonyl (C=O) groups excluding carboxylic acids is 1. The summed E-state index contributed by atoms with van der Waals surface area (Å²) in [4.78, 5) is 35.0. The van der Waals surface area contributed by atoms with E-state index in [1.54, 1.807) is 18.2 Å². The number of rotatable bonds is 10. The van der Waals surface area contributed by atoms with Gasteiger partial charge in [0.2, 0.25) is 0 Å². The number of halogens is 6. The molecule has 1 aliphatic heterocycles. The predicted molar refractivity (Wildman–Crippen MR) is 162 cm³/mol. The number of alkyl halides is 6. The first-order chi connectivity index (χ1) is 23.0. The molecule has 2 heterocycles. The molecule has 0 saturated carbocycles. The van der Waals surface area contributed by atoms with Gasteiger partial charge in [0.25, 0.3) is 0 Å². The van der Waals surface area contributed by atoms with Crippen molar-refractivity contribution >= 4 is 23.7 Å². The van der Waals surface area contributed by atoms with Gasteiger partial charge in [-0.2, -0.15) is 31.4 Å². The number of carbonyl (C=O) groups is 3. The van der Waals surface area contributed by atoms with Crippen LogP contribution in [0.2, 0.25) is 0 Å². The minimum Gasteiger partial charge on any atom is -0.497 e. The van der Waals surface area contributed by atoms with Crippen molar-refractivity contribution in [3.63, 3.8) is 0 Å². The van der Waals surface area contributed by atoms with Crippen molar-refractivity contribution in [2.45, 2.75) is 25.8 Å². The monoisotopic (exact) mass is 707 g/mol. The average molecular weight is 708 g/mol. The van der Waals surface area contributed by atoms with Crippen LogP contribution in [0.3, 0.4) is 0 Å². The molecule has 49 heavy (non-hydrogen) atoms. The van der Waals surface area contributed by atoms with Crippen molar-refractivity contribution in [2.75, 3.05) is 58.4 Å². The molecule has 0 unspecified atom stereocenters. The van der Waals surface area contributed by atoms with E-state index in [2.05, 4.69) is 20.4 Å². The maximum atomic E-state index is 13.2. The number of nitrogens with zero attached hydrogens (tertiary/aromatic N) is 3. The van der Waals surface area contributed by atoms with E-state index in [0.717, 1.165) is 55.3 Å². The summed E-state index contributed by atoms with van der Waals surface area (Å²) in [6.45, 7) is 7.59. The minimum absolute atomic E-state index is 0.190. The summed E-state index contributed by atoms with van der Waals surface area (Å²) in [5, 5.41) is 24.2. The van der Waals surface area contributed by atoms with Crippen LogP contribution in [0.4, 0.5) is 36.8 Å². The summed E-state index contributed by atoms with van der Waals surface area (Å²) in [6.07, 6.45) is -6.57. The zero-order valence-corrected chi connectivity index (χ0v) is 26.3. The van der Waals surface area contributed by atoms with Crippen LogP contribution in [0.5, 0.6) is 11.5 Å². The fourth-order valence-corrected chi connectivity index (χ4v) is 3.96. The largest absolute Gasteiger partial charge is 0.497 e. The summed E-state index contributed by atoms with van der Waals surface area (Å²) >= 11 is 0. The molecular formula is C30H35F6N5O8. The molecule has 13 nitrogen and oxygen atoms in total. The van der Waals surface area contributed by atoms with Gasteiger partial charge in [0.15, 0.2) is 0 Å². The fraction of sp³-hybridized carbons (Fsp3) is 0.400. The molecule has 3 aromatic rings. The van der Waals surface area contributed by atoms with Crippen molar-refractivity contribution in [1.82, 2.24) is 20.0 Å². The standard InChI is InChI=1S/C26H33N5O4.2C2HF3O2/c1-3-31(19-20-5-4-6-23(15-20)33-2)26(32)29-24-8-7-21(22-17-27-28-18-22)16-25(24)35-14-11-30-9-12-34-13-10-30;2*3-2(4,5)1(6)7/h4-8,15-18H,3,9-14,19H2,1-2H3,(H,27,28)(H,29,32);2*(H,6,7). The van der Waals surface area contributed by atoms with Gasteiger partial charge in [0.1, 0.15) is 18.1 Å². The molecule has 19 heteroatoms. The normalized spacial score (nSPS) is 13.1. The number of H-pyrrole nitrogens is 1. The first kappa shape index (κ1) is 40.1. The lowest BCUT2D eigenvalue weighted by Crippen LogP contribution is -2.38. The van der Waals surface area contributed by atoms with E-state index < -0.39 is 24.3 Å². The van der Waals surface area contributed by atoms with E-state index in [4.69, 9.17) is 34.0 Å². The highest BCUT2D eigenvalue weighted by atomic mass is 19.4. The van der Waals surface area contributed by atoms with E-state index in [0.29, 0.717) is 31.1 Å². The van der Waals surface area contributed by atoms with Gasteiger partial charge in [0.05, 0.1) is 32.2 Å². The van der Waals surface area contributed by atoms with Crippen molar-refractivity contribution in [3.8, 4) is 22.6 Å². The zero-order valence-electron chi connectivity index (χ0n) is 26.3.